The Morgan fingerprint density at radius 3 is 2.30 bits per heavy atom. The van der Waals surface area contributed by atoms with E-state index in [1.165, 1.54) is 70.6 Å². The van der Waals surface area contributed by atoms with Gasteiger partial charge in [0.05, 0.1) is 6.10 Å². The fourth-order valence-electron chi connectivity index (χ4n) is 6.43. The van der Waals surface area contributed by atoms with Crippen molar-refractivity contribution in [3.05, 3.63) is 0 Å². The van der Waals surface area contributed by atoms with Crippen molar-refractivity contribution in [1.29, 1.82) is 0 Å². The van der Waals surface area contributed by atoms with Gasteiger partial charge in [-0.25, -0.2) is 0 Å². The Labute approximate surface area is 124 Å². The summed E-state index contributed by atoms with van der Waals surface area (Å²) in [5.41, 5.74) is 0. The minimum atomic E-state index is 0.0298. The molecule has 1 N–H and O–H groups in total. The van der Waals surface area contributed by atoms with Crippen LogP contribution in [-0.4, -0.2) is 11.2 Å². The molecule has 0 saturated heterocycles. The van der Waals surface area contributed by atoms with Crippen LogP contribution in [0, 0.1) is 35.5 Å². The van der Waals surface area contributed by atoms with E-state index < -0.39 is 0 Å². The molecule has 20 heavy (non-hydrogen) atoms. The number of rotatable bonds is 3. The lowest BCUT2D eigenvalue weighted by molar-refractivity contribution is 0.0168. The maximum atomic E-state index is 10.8. The molecule has 7 unspecified atom stereocenters. The zero-order valence-corrected chi connectivity index (χ0v) is 13.0. The van der Waals surface area contributed by atoms with Crippen LogP contribution in [0.3, 0.4) is 0 Å². The molecular weight excluding hydrogens is 244 g/mol. The van der Waals surface area contributed by atoms with Crippen LogP contribution in [0.25, 0.3) is 0 Å². The number of hydrogen-bond acceptors (Lipinski definition) is 1. The van der Waals surface area contributed by atoms with E-state index in [2.05, 4.69) is 0 Å². The summed E-state index contributed by atoms with van der Waals surface area (Å²) in [6, 6.07) is 0. The second-order valence-corrected chi connectivity index (χ2v) is 8.62. The maximum Gasteiger partial charge on any atom is 0.0571 e. The molecule has 4 aliphatic carbocycles. The molecule has 1 heteroatoms. The molecule has 0 aromatic rings. The zero-order chi connectivity index (χ0) is 13.5. The van der Waals surface area contributed by atoms with Gasteiger partial charge in [-0.15, -0.1) is 0 Å². The Kier molecular flexibility index (Phi) is 3.83. The summed E-state index contributed by atoms with van der Waals surface area (Å²) >= 11 is 0. The summed E-state index contributed by atoms with van der Waals surface area (Å²) < 4.78 is 0. The summed E-state index contributed by atoms with van der Waals surface area (Å²) in [6.07, 6.45) is 17.0. The normalized spacial score (nSPS) is 49.0. The van der Waals surface area contributed by atoms with Crippen molar-refractivity contribution in [3.8, 4) is 0 Å². The van der Waals surface area contributed by atoms with Gasteiger partial charge in [-0.3, -0.25) is 0 Å². The summed E-state index contributed by atoms with van der Waals surface area (Å²) in [4.78, 5) is 0. The molecule has 0 amide bonds. The molecule has 1 nitrogen and oxygen atoms in total. The summed E-state index contributed by atoms with van der Waals surface area (Å²) in [5.74, 6) is 5.54. The lowest BCUT2D eigenvalue weighted by Crippen LogP contribution is -2.34. The Balaban J connectivity index is 1.31. The summed E-state index contributed by atoms with van der Waals surface area (Å²) in [6.45, 7) is 0. The number of fused-ring (bicyclic) bond motifs is 3. The van der Waals surface area contributed by atoms with Crippen molar-refractivity contribution < 1.29 is 5.11 Å². The summed E-state index contributed by atoms with van der Waals surface area (Å²) in [5, 5.41) is 10.8. The molecule has 114 valence electrons. The standard InChI is InChI=1S/C19H32O/c20-19(12-18-10-13-5-6-16(18)9-13)17-8-7-14-3-1-2-4-15(14)11-17/h13-20H,1-12H2. The average Bonchev–Trinajstić information content (AvgIpc) is 3.09. The van der Waals surface area contributed by atoms with Crippen LogP contribution in [-0.2, 0) is 0 Å². The molecular formula is C19H32O. The van der Waals surface area contributed by atoms with Crippen LogP contribution in [0.5, 0.6) is 0 Å². The Morgan fingerprint density at radius 2 is 1.55 bits per heavy atom. The molecule has 4 rings (SSSR count). The average molecular weight is 276 g/mol. The van der Waals surface area contributed by atoms with Crippen LogP contribution in [0.4, 0.5) is 0 Å². The van der Waals surface area contributed by atoms with Crippen LogP contribution >= 0.6 is 0 Å². The summed E-state index contributed by atoms with van der Waals surface area (Å²) in [7, 11) is 0. The number of aliphatic hydroxyl groups excluding tert-OH is 1. The Morgan fingerprint density at radius 1 is 0.750 bits per heavy atom. The van der Waals surface area contributed by atoms with Crippen molar-refractivity contribution >= 4 is 0 Å². The zero-order valence-electron chi connectivity index (χ0n) is 13.0. The van der Waals surface area contributed by atoms with Crippen LogP contribution < -0.4 is 0 Å². The van der Waals surface area contributed by atoms with Gasteiger partial charge in [0.15, 0.2) is 0 Å². The SMILES string of the molecule is OC(CC1CC2CCC1C2)C1CCC2CCCCC2C1. The highest BCUT2D eigenvalue weighted by Gasteiger charge is 2.42. The Hall–Kier alpha value is -0.0400. The van der Waals surface area contributed by atoms with Crippen LogP contribution in [0.2, 0.25) is 0 Å². The molecule has 0 aromatic heterocycles. The molecule has 4 saturated carbocycles. The molecule has 4 fully saturated rings. The smallest absolute Gasteiger partial charge is 0.0571 e. The molecule has 0 heterocycles. The predicted molar refractivity (Wildman–Crippen MR) is 82.4 cm³/mol. The van der Waals surface area contributed by atoms with E-state index in [1.54, 1.807) is 0 Å². The predicted octanol–water partition coefficient (Wildman–Crippen LogP) is 4.78. The quantitative estimate of drug-likeness (QED) is 0.786. The van der Waals surface area contributed by atoms with Crippen molar-refractivity contribution in [2.24, 2.45) is 35.5 Å². The van der Waals surface area contributed by atoms with E-state index in [0.29, 0.717) is 5.92 Å². The Bertz CT molecular complexity index is 339. The van der Waals surface area contributed by atoms with Gasteiger partial charge < -0.3 is 5.11 Å². The molecule has 0 aliphatic heterocycles. The molecule has 0 spiro atoms. The molecule has 0 radical (unpaired) electrons. The molecule has 4 aliphatic rings. The van der Waals surface area contributed by atoms with Crippen molar-refractivity contribution in [2.75, 3.05) is 0 Å². The van der Waals surface area contributed by atoms with Gasteiger partial charge in [0.1, 0.15) is 0 Å². The van der Waals surface area contributed by atoms with E-state index in [9.17, 15) is 5.11 Å². The van der Waals surface area contributed by atoms with E-state index in [-0.39, 0.29) is 6.10 Å². The third-order valence-electron chi connectivity index (χ3n) is 7.55. The maximum absolute atomic E-state index is 10.8. The monoisotopic (exact) mass is 276 g/mol. The first-order chi connectivity index (χ1) is 9.79. The molecule has 7 atom stereocenters. The van der Waals surface area contributed by atoms with Gasteiger partial charge in [-0.2, -0.15) is 0 Å². The van der Waals surface area contributed by atoms with Gasteiger partial charge in [0.2, 0.25) is 0 Å². The minimum Gasteiger partial charge on any atom is -0.393 e. The fraction of sp³-hybridized carbons (Fsp3) is 1.00. The highest BCUT2D eigenvalue weighted by atomic mass is 16.3. The van der Waals surface area contributed by atoms with Gasteiger partial charge in [-0.05, 0) is 80.5 Å². The van der Waals surface area contributed by atoms with Crippen LogP contribution in [0.15, 0.2) is 0 Å². The van der Waals surface area contributed by atoms with Crippen LogP contribution in [0.1, 0.15) is 77.0 Å². The fourth-order valence-corrected chi connectivity index (χ4v) is 6.43. The topological polar surface area (TPSA) is 20.2 Å². The highest BCUT2D eigenvalue weighted by molar-refractivity contribution is 4.93. The second-order valence-electron chi connectivity index (χ2n) is 8.62. The van der Waals surface area contributed by atoms with E-state index in [4.69, 9.17) is 0 Å². The van der Waals surface area contributed by atoms with Gasteiger partial charge >= 0.3 is 0 Å². The number of aliphatic hydroxyl groups is 1. The first-order valence-corrected chi connectivity index (χ1v) is 9.47. The van der Waals surface area contributed by atoms with Crippen molar-refractivity contribution in [2.45, 2.75) is 83.2 Å². The first-order valence-electron chi connectivity index (χ1n) is 9.47. The molecule has 2 bridgehead atoms. The van der Waals surface area contributed by atoms with E-state index >= 15 is 0 Å². The highest BCUT2D eigenvalue weighted by Crippen LogP contribution is 2.51. The van der Waals surface area contributed by atoms with E-state index in [0.717, 1.165) is 36.0 Å². The lowest BCUT2D eigenvalue weighted by atomic mass is 9.65. The minimum absolute atomic E-state index is 0.0298. The van der Waals surface area contributed by atoms with Crippen molar-refractivity contribution in [3.63, 3.8) is 0 Å². The molecule has 0 aromatic carbocycles. The van der Waals surface area contributed by atoms with Gasteiger partial charge in [0.25, 0.3) is 0 Å². The lowest BCUT2D eigenvalue weighted by Gasteiger charge is -2.41. The largest absolute Gasteiger partial charge is 0.393 e. The van der Waals surface area contributed by atoms with Crippen molar-refractivity contribution in [1.82, 2.24) is 0 Å². The van der Waals surface area contributed by atoms with Gasteiger partial charge in [-0.1, -0.05) is 32.1 Å². The van der Waals surface area contributed by atoms with E-state index in [1.807, 2.05) is 0 Å². The number of hydrogen-bond donors (Lipinski definition) is 1. The first kappa shape index (κ1) is 13.6. The third-order valence-corrected chi connectivity index (χ3v) is 7.55. The third kappa shape index (κ3) is 2.56. The van der Waals surface area contributed by atoms with Gasteiger partial charge in [0, 0.05) is 0 Å². The second kappa shape index (κ2) is 5.63.